The maximum absolute atomic E-state index is 16.9. The Morgan fingerprint density at radius 2 is 0.607 bits per heavy atom. The smallest absolute Gasteiger partial charge is 0.270 e. The molecule has 0 unspecified atom stereocenters. The molecule has 0 N–H and O–H groups in total. The van der Waals surface area contributed by atoms with Crippen LogP contribution in [0.25, 0.3) is 0 Å². The van der Waals surface area contributed by atoms with Crippen LogP contribution in [0.2, 0.25) is 0 Å². The molecule has 0 spiro atoms. The first kappa shape index (κ1) is 33.5. The van der Waals surface area contributed by atoms with Crippen molar-refractivity contribution in [3.05, 3.63) is 190 Å². The van der Waals surface area contributed by atoms with Gasteiger partial charge in [0.05, 0.1) is 56.1 Å². The number of hydrogen-bond acceptors (Lipinski definition) is 2. The van der Waals surface area contributed by atoms with Crippen LogP contribution in [-0.2, 0) is 22.0 Å². The molecule has 0 aromatic heterocycles. The molecule has 0 aliphatic carbocycles. The lowest BCUT2D eigenvalue weighted by Crippen LogP contribution is -2.30. The third kappa shape index (κ3) is 4.76. The summed E-state index contributed by atoms with van der Waals surface area (Å²) in [6.07, 6.45) is 1.31. The largest absolute Gasteiger partial charge is 0.301 e. The molecule has 6 aliphatic heterocycles. The zero-order valence-corrected chi connectivity index (χ0v) is 33.6. The Balaban J connectivity index is 1.32. The highest BCUT2D eigenvalue weighted by Gasteiger charge is 2.52. The van der Waals surface area contributed by atoms with Gasteiger partial charge in [0.2, 0.25) is 0 Å². The second-order valence-electron chi connectivity index (χ2n) is 15.9. The molecule has 0 saturated heterocycles. The van der Waals surface area contributed by atoms with Crippen LogP contribution in [0.5, 0.6) is 0 Å². The minimum absolute atomic E-state index is 0.655. The van der Waals surface area contributed by atoms with E-state index < -0.39 is 14.9 Å². The normalized spacial score (nSPS) is 19.8. The van der Waals surface area contributed by atoms with E-state index in [-0.39, 0.29) is 0 Å². The number of hydrogen-bond donors (Lipinski definition) is 0. The highest BCUT2D eigenvalue weighted by atomic mass is 31.2. The third-order valence-electron chi connectivity index (χ3n) is 11.6. The predicted octanol–water partition coefficient (Wildman–Crippen LogP) is 12.3. The lowest BCUT2D eigenvalue weighted by atomic mass is 9.99. The van der Waals surface area contributed by atoms with Crippen molar-refractivity contribution in [2.45, 2.75) is 40.5 Å². The molecule has 12 bridgehead atoms. The van der Waals surface area contributed by atoms with Gasteiger partial charge in [-0.3, -0.25) is 27.8 Å². The van der Waals surface area contributed by atoms with Gasteiger partial charge in [0, 0.05) is 0 Å². The van der Waals surface area contributed by atoms with Crippen LogP contribution in [0.15, 0.2) is 146 Å². The lowest BCUT2D eigenvalue weighted by Gasteiger charge is -2.35. The molecule has 0 saturated carbocycles. The number of aryl methyl sites for hydroxylation is 4. The van der Waals surface area contributed by atoms with Gasteiger partial charge in [-0.05, 0) is 182 Å². The van der Waals surface area contributed by atoms with E-state index in [0.29, 0.717) is 23.5 Å². The molecular weight excluding hydrogens is 727 g/mol. The Bertz CT molecular complexity index is 2560. The van der Waals surface area contributed by atoms with Gasteiger partial charge in [-0.2, -0.15) is 0 Å². The zero-order valence-electron chi connectivity index (χ0n) is 31.8. The van der Waals surface area contributed by atoms with Gasteiger partial charge in [0.1, 0.15) is 0 Å². The van der Waals surface area contributed by atoms with Crippen LogP contribution < -0.4 is 29.3 Å². The number of fused-ring (bicyclic) bond motifs is 2. The highest BCUT2D eigenvalue weighted by Crippen LogP contribution is 2.72. The number of benzene rings is 7. The number of anilines is 8. The molecule has 0 fully saturated rings. The van der Waals surface area contributed by atoms with Crippen molar-refractivity contribution in [3.8, 4) is 0 Å². The molecule has 56 heavy (non-hydrogen) atoms. The number of rotatable bonds is 0. The fraction of sp³-hybridized carbons (Fsp3) is 0.125. The van der Waals surface area contributed by atoms with Crippen LogP contribution in [0.1, 0.15) is 44.5 Å². The predicted molar refractivity (Wildman–Crippen MR) is 233 cm³/mol. The van der Waals surface area contributed by atoms with E-state index in [1.54, 1.807) is 0 Å². The summed E-state index contributed by atoms with van der Waals surface area (Å²) < 4.78 is 42.2. The molecule has 7 aromatic rings. The Labute approximate surface area is 328 Å². The lowest BCUT2D eigenvalue weighted by molar-refractivity contribution is 0.581. The molecule has 7 aromatic carbocycles. The quantitative estimate of drug-likeness (QED) is 0.143. The Hall–Kier alpha value is -5.80. The second kappa shape index (κ2) is 11.9. The average Bonchev–Trinajstić information content (AvgIpc) is 3.59. The van der Waals surface area contributed by atoms with Crippen molar-refractivity contribution in [2.75, 3.05) is 18.7 Å². The average molecular weight is 767 g/mol. The summed E-state index contributed by atoms with van der Waals surface area (Å²) >= 11 is 0. The summed E-state index contributed by atoms with van der Waals surface area (Å²) in [5.74, 6) is 0. The van der Waals surface area contributed by atoms with Gasteiger partial charge < -0.3 is 0 Å². The Kier molecular flexibility index (Phi) is 7.10. The van der Waals surface area contributed by atoms with Gasteiger partial charge in [0.15, 0.2) is 0 Å². The van der Waals surface area contributed by atoms with E-state index in [1.807, 2.05) is 48.5 Å². The van der Waals surface area contributed by atoms with Crippen molar-refractivity contribution >= 4 is 71.0 Å². The summed E-state index contributed by atoms with van der Waals surface area (Å²) in [7, 11) is -7.41. The maximum atomic E-state index is 16.9. The van der Waals surface area contributed by atoms with Crippen LogP contribution >= 0.6 is 14.9 Å². The molecular formula is C48H40N4O2P2. The zero-order chi connectivity index (χ0) is 38.1. The van der Waals surface area contributed by atoms with Gasteiger partial charge in [-0.1, -0.05) is 48.5 Å². The van der Waals surface area contributed by atoms with Crippen LogP contribution in [0, 0.1) is 27.7 Å². The minimum atomic E-state index is -3.71. The summed E-state index contributed by atoms with van der Waals surface area (Å²) in [6.45, 7) is 8.48. The highest BCUT2D eigenvalue weighted by molar-refractivity contribution is 7.76. The molecule has 8 heteroatoms. The van der Waals surface area contributed by atoms with E-state index >= 15 is 9.13 Å². The van der Waals surface area contributed by atoms with E-state index in [4.69, 9.17) is 0 Å². The minimum Gasteiger partial charge on any atom is -0.270 e. The van der Waals surface area contributed by atoms with Gasteiger partial charge >= 0.3 is 14.9 Å². The third-order valence-corrected chi connectivity index (χ3v) is 17.5. The second-order valence-corrected chi connectivity index (χ2v) is 20.7. The van der Waals surface area contributed by atoms with Crippen molar-refractivity contribution in [3.63, 3.8) is 0 Å². The van der Waals surface area contributed by atoms with E-state index in [2.05, 4.69) is 143 Å². The Morgan fingerprint density at radius 1 is 0.357 bits per heavy atom. The van der Waals surface area contributed by atoms with Gasteiger partial charge in [-0.15, -0.1) is 0 Å². The topological polar surface area (TPSA) is 47.1 Å². The fourth-order valence-electron chi connectivity index (χ4n) is 9.62. The number of nitrogens with zero attached hydrogens (tertiary/aromatic N) is 4. The van der Waals surface area contributed by atoms with E-state index in [9.17, 15) is 0 Å². The fourth-order valence-corrected chi connectivity index (χ4v) is 15.5. The van der Waals surface area contributed by atoms with Crippen LogP contribution in [0.4, 0.5) is 45.5 Å². The SMILES string of the molecule is Cc1cc2cc(c1)N1c3ccccc3N3c4cc(C)cc(c4)Cc4cc(C)cc(c4)N4c5ccccc5N(c5cc(C)cc(c5)C2)P4(=O)c2ccc(cc2)P13=O. The van der Waals surface area contributed by atoms with E-state index in [0.717, 1.165) is 90.0 Å². The van der Waals surface area contributed by atoms with Crippen molar-refractivity contribution < 1.29 is 9.13 Å². The summed E-state index contributed by atoms with van der Waals surface area (Å²) in [6, 6.07) is 50.8. The van der Waals surface area contributed by atoms with Crippen molar-refractivity contribution in [1.82, 2.24) is 0 Å². The Morgan fingerprint density at radius 3 is 0.857 bits per heavy atom. The van der Waals surface area contributed by atoms with Crippen molar-refractivity contribution in [2.24, 2.45) is 0 Å². The van der Waals surface area contributed by atoms with Crippen LogP contribution in [0.3, 0.4) is 0 Å². The van der Waals surface area contributed by atoms with E-state index in [1.165, 1.54) is 0 Å². The van der Waals surface area contributed by atoms with Crippen molar-refractivity contribution in [1.29, 1.82) is 0 Å². The molecule has 0 atom stereocenters. The summed E-state index contributed by atoms with van der Waals surface area (Å²) in [5.41, 5.74) is 16.0. The first-order valence-electron chi connectivity index (χ1n) is 19.2. The first-order valence-corrected chi connectivity index (χ1v) is 22.4. The molecule has 13 rings (SSSR count). The van der Waals surface area contributed by atoms with Crippen LogP contribution in [-0.4, -0.2) is 0 Å². The first-order chi connectivity index (χ1) is 27.1. The summed E-state index contributed by atoms with van der Waals surface area (Å²) in [4.78, 5) is 0. The monoisotopic (exact) mass is 766 g/mol. The van der Waals surface area contributed by atoms with Gasteiger partial charge in [-0.25, -0.2) is 0 Å². The molecule has 0 radical (unpaired) electrons. The summed E-state index contributed by atoms with van der Waals surface area (Å²) in [5, 5.41) is 1.34. The molecule has 274 valence electrons. The molecule has 6 nitrogen and oxygen atoms in total. The van der Waals surface area contributed by atoms with Gasteiger partial charge in [0.25, 0.3) is 0 Å². The number of para-hydroxylation sites is 4. The standard InChI is InChI=1S/C48H40N4O2P2/c1-31-17-35-25-36-18-32(2)22-40(28-36)51-47-11-7-8-12-48(47)52-42-24-34(4)20-38(30-42)26-37-19-33(3)23-41(29-37)50-46-10-6-5-9-45(46)49(39(21-31)27-35)55(50,53)43-13-15-44(16-14-43)56(51,52)54/h5-24,27-30H,25-26H2,1-4H3. The molecule has 6 aliphatic rings. The molecule has 0 amide bonds. The maximum Gasteiger partial charge on any atom is 0.301 e. The molecule has 6 heterocycles.